The summed E-state index contributed by atoms with van der Waals surface area (Å²) in [7, 11) is -2.04. The van der Waals surface area contributed by atoms with Gasteiger partial charge >= 0.3 is 0 Å². The summed E-state index contributed by atoms with van der Waals surface area (Å²) in [5.74, 6) is 4.77. The van der Waals surface area contributed by atoms with E-state index in [4.69, 9.17) is 0 Å². The maximum Gasteiger partial charge on any atom is 0.0628 e. The lowest BCUT2D eigenvalue weighted by atomic mass is 9.74. The fraction of sp³-hybridized carbons (Fsp3) is 0.581. The first-order valence-corrected chi connectivity index (χ1v) is 20.5. The van der Waals surface area contributed by atoms with Gasteiger partial charge in [0.2, 0.25) is 0 Å². The van der Waals surface area contributed by atoms with Crippen LogP contribution >= 0.6 is 0 Å². The minimum absolute atomic E-state index is 0.161. The van der Waals surface area contributed by atoms with E-state index in [2.05, 4.69) is 161 Å². The van der Waals surface area contributed by atoms with Crippen molar-refractivity contribution in [2.75, 3.05) is 0 Å². The average molecular weight is 605 g/mol. The Kier molecular flexibility index (Phi) is 7.76. The first-order valence-electron chi connectivity index (χ1n) is 17.6. The van der Waals surface area contributed by atoms with Gasteiger partial charge in [0.05, 0.1) is 8.07 Å². The molecule has 0 heterocycles. The second-order valence-electron chi connectivity index (χ2n) is 18.6. The van der Waals surface area contributed by atoms with Crippen molar-refractivity contribution in [1.29, 1.82) is 0 Å². The average Bonchev–Trinajstić information content (AvgIpc) is 3.43. The molecule has 0 bridgehead atoms. The van der Waals surface area contributed by atoms with Crippen LogP contribution in [0.4, 0.5) is 0 Å². The summed E-state index contributed by atoms with van der Waals surface area (Å²) >= 11 is 0. The van der Waals surface area contributed by atoms with Gasteiger partial charge < -0.3 is 0 Å². The van der Waals surface area contributed by atoms with Gasteiger partial charge in [0.15, 0.2) is 0 Å². The molecule has 0 amide bonds. The van der Waals surface area contributed by atoms with Crippen molar-refractivity contribution < 1.29 is 0 Å². The summed E-state index contributed by atoms with van der Waals surface area (Å²) in [6.45, 7) is 31.3. The van der Waals surface area contributed by atoms with Crippen molar-refractivity contribution in [2.45, 2.75) is 92.9 Å². The van der Waals surface area contributed by atoms with E-state index >= 15 is 0 Å². The Morgan fingerprint density at radius 2 is 0.864 bits per heavy atom. The molecule has 0 aromatic heterocycles. The largest absolute Gasteiger partial charge is 0.103 e. The number of allylic oxidation sites excluding steroid dienone is 17. The highest BCUT2D eigenvalue weighted by Crippen LogP contribution is 2.68. The van der Waals surface area contributed by atoms with Crippen LogP contribution in [0.25, 0.3) is 0 Å². The molecule has 0 spiro atoms. The smallest absolute Gasteiger partial charge is 0.0628 e. The molecule has 236 valence electrons. The fourth-order valence-electron chi connectivity index (χ4n) is 10.5. The highest BCUT2D eigenvalue weighted by molar-refractivity contribution is 6.82. The molecule has 2 fully saturated rings. The fourth-order valence-corrected chi connectivity index (χ4v) is 16.9. The van der Waals surface area contributed by atoms with Crippen LogP contribution < -0.4 is 0 Å². The summed E-state index contributed by atoms with van der Waals surface area (Å²) in [5, 5.41) is 0. The van der Waals surface area contributed by atoms with Crippen LogP contribution in [0.5, 0.6) is 0 Å². The molecule has 1 heteroatoms. The topological polar surface area (TPSA) is 0 Å². The molecule has 0 N–H and O–H groups in total. The van der Waals surface area contributed by atoms with Gasteiger partial charge in [0.25, 0.3) is 0 Å². The van der Waals surface area contributed by atoms with E-state index in [1.54, 1.807) is 0 Å². The van der Waals surface area contributed by atoms with Crippen molar-refractivity contribution in [1.82, 2.24) is 0 Å². The maximum absolute atomic E-state index is 4.50. The molecule has 10 unspecified atom stereocenters. The Hall–Kier alpha value is -2.12. The van der Waals surface area contributed by atoms with Crippen LogP contribution in [-0.2, 0) is 0 Å². The number of hydrogen-bond acceptors (Lipinski definition) is 0. The third-order valence-corrected chi connectivity index (χ3v) is 18.4. The first-order chi connectivity index (χ1) is 20.4. The first kappa shape index (κ1) is 31.8. The number of fused-ring (bicyclic) bond motifs is 6. The van der Waals surface area contributed by atoms with Crippen LogP contribution in [0.2, 0.25) is 23.7 Å². The van der Waals surface area contributed by atoms with Crippen molar-refractivity contribution in [3.63, 3.8) is 0 Å². The minimum Gasteiger partial charge on any atom is -0.103 e. The van der Waals surface area contributed by atoms with E-state index in [0.717, 1.165) is 0 Å². The molecule has 0 aliphatic heterocycles. The highest BCUT2D eigenvalue weighted by Gasteiger charge is 2.63. The molecule has 6 aliphatic rings. The van der Waals surface area contributed by atoms with Crippen molar-refractivity contribution >= 4 is 8.07 Å². The maximum atomic E-state index is 4.50. The standard InChI is InChI=1S/C43H60Si/c1-13-22-44(12,39-35-23-27(2)14-18-31(35)32-19-15-28(24-36(32)39)41(3,4)5)40-37-25-29(42(6,7)8)16-20-33(37)34-21-17-30(26-38(34)40)43(9,10)11/h13-21,23-26,31-40H,1,22H2,2-12H3. The van der Waals surface area contributed by atoms with E-state index in [9.17, 15) is 0 Å². The predicted octanol–water partition coefficient (Wildman–Crippen LogP) is 12.1. The summed E-state index contributed by atoms with van der Waals surface area (Å²) in [6, 6.07) is 1.20. The summed E-state index contributed by atoms with van der Waals surface area (Å²) in [5.41, 5.74) is 7.93. The van der Waals surface area contributed by atoms with Crippen LogP contribution in [0.3, 0.4) is 0 Å². The van der Waals surface area contributed by atoms with E-state index in [-0.39, 0.29) is 16.2 Å². The van der Waals surface area contributed by atoms with E-state index in [1.165, 1.54) is 28.3 Å². The molecule has 0 radical (unpaired) electrons. The van der Waals surface area contributed by atoms with Crippen molar-refractivity contribution in [2.24, 2.45) is 63.6 Å². The van der Waals surface area contributed by atoms with Gasteiger partial charge in [-0.15, -0.1) is 6.58 Å². The summed E-state index contributed by atoms with van der Waals surface area (Å²) < 4.78 is 0. The van der Waals surface area contributed by atoms with Gasteiger partial charge in [-0.2, -0.15) is 0 Å². The molecule has 6 rings (SSSR count). The quantitative estimate of drug-likeness (QED) is 0.221. The molecule has 6 aliphatic carbocycles. The molecular weight excluding hydrogens is 545 g/mol. The van der Waals surface area contributed by atoms with Gasteiger partial charge in [0.1, 0.15) is 0 Å². The van der Waals surface area contributed by atoms with Gasteiger partial charge in [-0.1, -0.05) is 153 Å². The van der Waals surface area contributed by atoms with E-state index in [1.807, 2.05) is 0 Å². The normalized spacial score (nSPS) is 38.9. The van der Waals surface area contributed by atoms with Crippen LogP contribution in [-0.4, -0.2) is 8.07 Å². The minimum atomic E-state index is -2.04. The van der Waals surface area contributed by atoms with Crippen LogP contribution in [0, 0.1) is 63.6 Å². The Morgan fingerprint density at radius 3 is 1.18 bits per heavy atom. The lowest BCUT2D eigenvalue weighted by Gasteiger charge is -2.49. The molecule has 0 aromatic carbocycles. The zero-order chi connectivity index (χ0) is 32.0. The summed E-state index contributed by atoms with van der Waals surface area (Å²) in [6.07, 6.45) is 33.8. The molecule has 0 aromatic rings. The zero-order valence-electron chi connectivity index (χ0n) is 29.7. The van der Waals surface area contributed by atoms with Crippen LogP contribution in [0.1, 0.15) is 69.2 Å². The lowest BCUT2D eigenvalue weighted by molar-refractivity contribution is 0.433. The molecular formula is C43H60Si. The Balaban J connectivity index is 1.56. The summed E-state index contributed by atoms with van der Waals surface area (Å²) in [4.78, 5) is 0. The second-order valence-corrected chi connectivity index (χ2v) is 23.4. The molecule has 0 saturated heterocycles. The third kappa shape index (κ3) is 5.18. The molecule has 2 saturated carbocycles. The highest BCUT2D eigenvalue weighted by atomic mass is 28.3. The second kappa shape index (κ2) is 10.7. The monoisotopic (exact) mass is 604 g/mol. The van der Waals surface area contributed by atoms with Gasteiger partial charge in [-0.25, -0.2) is 0 Å². The molecule has 0 nitrogen and oxygen atoms in total. The predicted molar refractivity (Wildman–Crippen MR) is 195 cm³/mol. The molecule has 10 atom stereocenters. The Morgan fingerprint density at radius 1 is 0.545 bits per heavy atom. The van der Waals surface area contributed by atoms with Gasteiger partial charge in [0, 0.05) is 0 Å². The zero-order valence-corrected chi connectivity index (χ0v) is 30.7. The van der Waals surface area contributed by atoms with Crippen molar-refractivity contribution in [3.8, 4) is 0 Å². The number of hydrogen-bond donors (Lipinski definition) is 0. The van der Waals surface area contributed by atoms with E-state index < -0.39 is 8.07 Å². The molecule has 44 heavy (non-hydrogen) atoms. The van der Waals surface area contributed by atoms with Crippen molar-refractivity contribution in [3.05, 3.63) is 108 Å². The number of rotatable bonds is 4. The Labute approximate surface area is 271 Å². The van der Waals surface area contributed by atoms with Gasteiger partial charge in [-0.3, -0.25) is 0 Å². The third-order valence-electron chi connectivity index (χ3n) is 12.7. The van der Waals surface area contributed by atoms with E-state index in [0.29, 0.717) is 58.4 Å². The van der Waals surface area contributed by atoms with Gasteiger partial charge in [-0.05, 0) is 104 Å². The Bertz CT molecular complexity index is 1380. The SMILES string of the molecule is C=CC[Si](C)(C1C2C=C(C)C=CC2C2C=CC(C(C)(C)C)=CC21)C1C2C=C(C(C)(C)C)C=CC2C2C=CC(C(C)(C)C)=CC21. The van der Waals surface area contributed by atoms with Crippen LogP contribution in [0.15, 0.2) is 108 Å². The lowest BCUT2D eigenvalue weighted by Crippen LogP contribution is -2.49.